The summed E-state index contributed by atoms with van der Waals surface area (Å²) in [5.74, 6) is 0.213. The van der Waals surface area contributed by atoms with Gasteiger partial charge in [0.05, 0.1) is 6.04 Å². The fourth-order valence-electron chi connectivity index (χ4n) is 1.15. The van der Waals surface area contributed by atoms with Crippen LogP contribution in [0.1, 0.15) is 33.1 Å². The molecular formula is C10H21NO2. The molecule has 1 N–H and O–H groups in total. The minimum atomic E-state index is 0.0223. The van der Waals surface area contributed by atoms with E-state index in [0.717, 1.165) is 25.8 Å². The smallest absolute Gasteiger partial charge is 0.146 e. The molecule has 1 unspecified atom stereocenters. The average Bonchev–Trinajstić information content (AvgIpc) is 2.10. The number of ketones is 1. The lowest BCUT2D eigenvalue weighted by Gasteiger charge is -2.21. The van der Waals surface area contributed by atoms with E-state index in [1.807, 2.05) is 14.0 Å². The van der Waals surface area contributed by atoms with E-state index in [1.54, 1.807) is 6.92 Å². The molecule has 0 aliphatic heterocycles. The zero-order valence-electron chi connectivity index (χ0n) is 8.92. The maximum Gasteiger partial charge on any atom is 0.146 e. The van der Waals surface area contributed by atoms with Crippen molar-refractivity contribution in [3.63, 3.8) is 0 Å². The van der Waals surface area contributed by atoms with Gasteiger partial charge in [0.2, 0.25) is 0 Å². The van der Waals surface area contributed by atoms with Crippen molar-refractivity contribution in [1.82, 2.24) is 4.90 Å². The number of nitrogens with zero attached hydrogens (tertiary/aromatic N) is 1. The predicted molar refractivity (Wildman–Crippen MR) is 53.7 cm³/mol. The number of hydrogen-bond donors (Lipinski definition) is 1. The molecule has 78 valence electrons. The van der Waals surface area contributed by atoms with Crippen LogP contribution in [0.5, 0.6) is 0 Å². The lowest BCUT2D eigenvalue weighted by Crippen LogP contribution is -2.35. The van der Waals surface area contributed by atoms with Crippen LogP contribution in [0.3, 0.4) is 0 Å². The van der Waals surface area contributed by atoms with Gasteiger partial charge >= 0.3 is 0 Å². The standard InChI is InChI=1S/C10H21NO2/c1-9(10(2)13)11(3)7-5-4-6-8-12/h9,12H,4-8H2,1-3H3. The van der Waals surface area contributed by atoms with Crippen LogP contribution in [-0.2, 0) is 4.79 Å². The summed E-state index contributed by atoms with van der Waals surface area (Å²) >= 11 is 0. The molecule has 0 fully saturated rings. The Labute approximate surface area is 80.7 Å². The maximum atomic E-state index is 11.0. The number of carbonyl (C=O) groups is 1. The summed E-state index contributed by atoms with van der Waals surface area (Å²) < 4.78 is 0. The van der Waals surface area contributed by atoms with Gasteiger partial charge in [0.25, 0.3) is 0 Å². The normalized spacial score (nSPS) is 13.3. The van der Waals surface area contributed by atoms with Gasteiger partial charge in [-0.3, -0.25) is 9.69 Å². The van der Waals surface area contributed by atoms with Gasteiger partial charge < -0.3 is 5.11 Å². The van der Waals surface area contributed by atoms with Crippen molar-refractivity contribution >= 4 is 5.78 Å². The molecule has 0 saturated heterocycles. The highest BCUT2D eigenvalue weighted by atomic mass is 16.2. The molecule has 0 saturated carbocycles. The Balaban J connectivity index is 3.50. The number of aliphatic hydroxyl groups is 1. The van der Waals surface area contributed by atoms with E-state index in [0.29, 0.717) is 0 Å². The highest BCUT2D eigenvalue weighted by molar-refractivity contribution is 5.80. The number of hydrogen-bond acceptors (Lipinski definition) is 3. The molecule has 3 heteroatoms. The van der Waals surface area contributed by atoms with Gasteiger partial charge in [-0.15, -0.1) is 0 Å². The second-order valence-electron chi connectivity index (χ2n) is 3.55. The molecule has 0 aromatic heterocycles. The number of Topliss-reactive ketones (excluding diaryl/α,β-unsaturated/α-hetero) is 1. The monoisotopic (exact) mass is 187 g/mol. The number of carbonyl (C=O) groups excluding carboxylic acids is 1. The van der Waals surface area contributed by atoms with Crippen molar-refractivity contribution in [2.24, 2.45) is 0 Å². The van der Waals surface area contributed by atoms with Crippen LogP contribution in [0, 0.1) is 0 Å². The van der Waals surface area contributed by atoms with Crippen LogP contribution in [0.25, 0.3) is 0 Å². The Kier molecular flexibility index (Phi) is 6.82. The Morgan fingerprint density at radius 1 is 1.38 bits per heavy atom. The number of unbranched alkanes of at least 4 members (excludes halogenated alkanes) is 2. The van der Waals surface area contributed by atoms with Gasteiger partial charge in [-0.25, -0.2) is 0 Å². The minimum absolute atomic E-state index is 0.0223. The second kappa shape index (κ2) is 7.04. The van der Waals surface area contributed by atoms with E-state index in [1.165, 1.54) is 0 Å². The van der Waals surface area contributed by atoms with E-state index in [2.05, 4.69) is 4.90 Å². The summed E-state index contributed by atoms with van der Waals surface area (Å²) in [4.78, 5) is 13.0. The third-order valence-corrected chi connectivity index (χ3v) is 2.42. The van der Waals surface area contributed by atoms with Crippen LogP contribution < -0.4 is 0 Å². The molecule has 13 heavy (non-hydrogen) atoms. The van der Waals surface area contributed by atoms with Crippen molar-refractivity contribution in [3.05, 3.63) is 0 Å². The lowest BCUT2D eigenvalue weighted by molar-refractivity contribution is -0.121. The number of rotatable bonds is 7. The van der Waals surface area contributed by atoms with Crippen LogP contribution in [-0.4, -0.2) is 42.0 Å². The summed E-state index contributed by atoms with van der Waals surface area (Å²) in [6.45, 7) is 4.75. The molecule has 0 spiro atoms. The zero-order valence-corrected chi connectivity index (χ0v) is 8.92. The molecule has 0 bridgehead atoms. The SMILES string of the molecule is CC(=O)C(C)N(C)CCCCCO. The zero-order chi connectivity index (χ0) is 10.3. The van der Waals surface area contributed by atoms with Gasteiger partial charge in [-0.1, -0.05) is 0 Å². The fourth-order valence-corrected chi connectivity index (χ4v) is 1.15. The third-order valence-electron chi connectivity index (χ3n) is 2.42. The van der Waals surface area contributed by atoms with Crippen molar-refractivity contribution < 1.29 is 9.90 Å². The van der Waals surface area contributed by atoms with Crippen molar-refractivity contribution in [3.8, 4) is 0 Å². The fraction of sp³-hybridized carbons (Fsp3) is 0.900. The van der Waals surface area contributed by atoms with Crippen molar-refractivity contribution in [1.29, 1.82) is 0 Å². The molecule has 0 aliphatic carbocycles. The highest BCUT2D eigenvalue weighted by Gasteiger charge is 2.12. The first kappa shape index (κ1) is 12.6. The quantitative estimate of drug-likeness (QED) is 0.606. The van der Waals surface area contributed by atoms with Crippen LogP contribution in [0.15, 0.2) is 0 Å². The third kappa shape index (κ3) is 5.77. The first-order valence-corrected chi connectivity index (χ1v) is 4.91. The first-order valence-electron chi connectivity index (χ1n) is 4.91. The Bertz CT molecular complexity index is 148. The molecule has 1 atom stereocenters. The highest BCUT2D eigenvalue weighted by Crippen LogP contribution is 2.01. The van der Waals surface area contributed by atoms with Gasteiger partial charge in [0.15, 0.2) is 0 Å². The number of aliphatic hydroxyl groups excluding tert-OH is 1. The second-order valence-corrected chi connectivity index (χ2v) is 3.55. The summed E-state index contributed by atoms with van der Waals surface area (Å²) in [7, 11) is 1.96. The number of likely N-dealkylation sites (N-methyl/N-ethyl adjacent to an activating group) is 1. The minimum Gasteiger partial charge on any atom is -0.396 e. The molecule has 0 heterocycles. The lowest BCUT2D eigenvalue weighted by atomic mass is 10.2. The van der Waals surface area contributed by atoms with E-state index in [4.69, 9.17) is 5.11 Å². The summed E-state index contributed by atoms with van der Waals surface area (Å²) in [5.41, 5.74) is 0. The average molecular weight is 187 g/mol. The first-order chi connectivity index (χ1) is 6.09. The molecule has 0 rings (SSSR count). The predicted octanol–water partition coefficient (Wildman–Crippen LogP) is 1.06. The summed E-state index contributed by atoms with van der Waals surface area (Å²) in [6, 6.07) is 0.0223. The van der Waals surface area contributed by atoms with E-state index >= 15 is 0 Å². The van der Waals surface area contributed by atoms with Gasteiger partial charge in [0, 0.05) is 6.61 Å². The largest absolute Gasteiger partial charge is 0.396 e. The maximum absolute atomic E-state index is 11.0. The van der Waals surface area contributed by atoms with Gasteiger partial charge in [-0.2, -0.15) is 0 Å². The molecule has 3 nitrogen and oxygen atoms in total. The molecule has 0 aromatic rings. The molecule has 0 aromatic carbocycles. The van der Waals surface area contributed by atoms with Crippen molar-refractivity contribution in [2.75, 3.05) is 20.2 Å². The summed E-state index contributed by atoms with van der Waals surface area (Å²) in [6.07, 6.45) is 2.95. The van der Waals surface area contributed by atoms with Crippen molar-refractivity contribution in [2.45, 2.75) is 39.2 Å². The molecule has 0 amide bonds. The van der Waals surface area contributed by atoms with Crippen LogP contribution in [0.4, 0.5) is 0 Å². The van der Waals surface area contributed by atoms with E-state index in [-0.39, 0.29) is 18.4 Å². The molecular weight excluding hydrogens is 166 g/mol. The van der Waals surface area contributed by atoms with Gasteiger partial charge in [-0.05, 0) is 46.7 Å². The Morgan fingerprint density at radius 3 is 2.46 bits per heavy atom. The summed E-state index contributed by atoms with van der Waals surface area (Å²) in [5, 5.41) is 8.56. The van der Waals surface area contributed by atoms with E-state index in [9.17, 15) is 4.79 Å². The van der Waals surface area contributed by atoms with Crippen LogP contribution >= 0.6 is 0 Å². The van der Waals surface area contributed by atoms with Gasteiger partial charge in [0.1, 0.15) is 5.78 Å². The van der Waals surface area contributed by atoms with E-state index < -0.39 is 0 Å². The van der Waals surface area contributed by atoms with Crippen LogP contribution in [0.2, 0.25) is 0 Å². The topological polar surface area (TPSA) is 40.5 Å². The molecule has 0 aliphatic rings. The Morgan fingerprint density at radius 2 is 2.00 bits per heavy atom. The Hall–Kier alpha value is -0.410. The molecule has 0 radical (unpaired) electrons.